The van der Waals surface area contributed by atoms with E-state index in [4.69, 9.17) is 4.42 Å². The van der Waals surface area contributed by atoms with Crippen molar-refractivity contribution in [3.05, 3.63) is 83.9 Å². The lowest BCUT2D eigenvalue weighted by Crippen LogP contribution is -2.29. The van der Waals surface area contributed by atoms with E-state index < -0.39 is 0 Å². The van der Waals surface area contributed by atoms with Crippen LogP contribution in [0.1, 0.15) is 21.5 Å². The molecule has 1 amide bonds. The number of rotatable bonds is 4. The van der Waals surface area contributed by atoms with Crippen molar-refractivity contribution in [2.45, 2.75) is 13.0 Å². The molecular weight excluding hydrogens is 384 g/mol. The first-order valence-electron chi connectivity index (χ1n) is 9.36. The minimum Gasteiger partial charge on any atom is -0.463 e. The van der Waals surface area contributed by atoms with Gasteiger partial charge in [-0.2, -0.15) is 0 Å². The monoisotopic (exact) mass is 402 g/mol. The number of furan rings is 1. The Morgan fingerprint density at radius 2 is 1.90 bits per heavy atom. The van der Waals surface area contributed by atoms with Crippen molar-refractivity contribution in [3.63, 3.8) is 0 Å². The number of anilines is 2. The summed E-state index contributed by atoms with van der Waals surface area (Å²) in [5.41, 5.74) is 4.01. The highest BCUT2D eigenvalue weighted by Crippen LogP contribution is 2.40. The summed E-state index contributed by atoms with van der Waals surface area (Å²) in [7, 11) is 0. The number of fused-ring (bicyclic) bond motifs is 1. The van der Waals surface area contributed by atoms with Crippen LogP contribution >= 0.6 is 11.3 Å². The maximum atomic E-state index is 12.6. The predicted molar refractivity (Wildman–Crippen MR) is 113 cm³/mol. The number of amides is 1. The maximum Gasteiger partial charge on any atom is 0.257 e. The Hall–Kier alpha value is -3.45. The molecule has 0 bridgehead atoms. The van der Waals surface area contributed by atoms with Gasteiger partial charge in [0.25, 0.3) is 5.91 Å². The molecule has 0 unspecified atom stereocenters. The van der Waals surface area contributed by atoms with Crippen LogP contribution in [0.5, 0.6) is 0 Å². The molecule has 0 atom stereocenters. The van der Waals surface area contributed by atoms with E-state index in [1.165, 1.54) is 22.5 Å². The summed E-state index contributed by atoms with van der Waals surface area (Å²) in [5.74, 6) is 0.488. The second-order valence-corrected chi connectivity index (χ2v) is 7.76. The van der Waals surface area contributed by atoms with Crippen LogP contribution < -0.4 is 10.2 Å². The van der Waals surface area contributed by atoms with Gasteiger partial charge < -0.3 is 9.32 Å². The first-order chi connectivity index (χ1) is 14.3. The van der Waals surface area contributed by atoms with Crippen molar-refractivity contribution in [2.24, 2.45) is 0 Å². The fourth-order valence-corrected chi connectivity index (χ4v) is 4.49. The van der Waals surface area contributed by atoms with Gasteiger partial charge in [-0.25, -0.2) is 4.98 Å². The van der Waals surface area contributed by atoms with Crippen LogP contribution in [0.4, 0.5) is 10.1 Å². The van der Waals surface area contributed by atoms with Crippen molar-refractivity contribution in [2.75, 3.05) is 16.8 Å². The summed E-state index contributed by atoms with van der Waals surface area (Å²) in [4.78, 5) is 23.5. The van der Waals surface area contributed by atoms with Gasteiger partial charge in [-0.15, -0.1) is 0 Å². The average molecular weight is 402 g/mol. The van der Waals surface area contributed by atoms with E-state index in [9.17, 15) is 4.79 Å². The number of pyridine rings is 1. The molecule has 1 aliphatic rings. The van der Waals surface area contributed by atoms with Crippen molar-refractivity contribution >= 4 is 27.4 Å². The van der Waals surface area contributed by atoms with Crippen LogP contribution in [-0.4, -0.2) is 22.4 Å². The molecule has 29 heavy (non-hydrogen) atoms. The van der Waals surface area contributed by atoms with E-state index >= 15 is 0 Å². The van der Waals surface area contributed by atoms with Crippen LogP contribution in [0.2, 0.25) is 0 Å². The van der Waals surface area contributed by atoms with Crippen molar-refractivity contribution < 1.29 is 9.21 Å². The lowest BCUT2D eigenvalue weighted by Gasteiger charge is -2.29. The van der Waals surface area contributed by atoms with Gasteiger partial charge in [0.15, 0.2) is 10.9 Å². The van der Waals surface area contributed by atoms with Gasteiger partial charge in [-0.05, 0) is 41.8 Å². The van der Waals surface area contributed by atoms with Gasteiger partial charge in [0.1, 0.15) is 10.7 Å². The summed E-state index contributed by atoms with van der Waals surface area (Å²) in [6, 6.07) is 15.6. The lowest BCUT2D eigenvalue weighted by molar-refractivity contribution is 0.102. The molecule has 0 radical (unpaired) electrons. The smallest absolute Gasteiger partial charge is 0.257 e. The summed E-state index contributed by atoms with van der Waals surface area (Å²) in [6.07, 6.45) is 5.81. The van der Waals surface area contributed by atoms with E-state index in [2.05, 4.69) is 44.5 Å². The first-order valence-corrected chi connectivity index (χ1v) is 10.2. The third-order valence-electron chi connectivity index (χ3n) is 4.94. The third-order valence-corrected chi connectivity index (χ3v) is 5.98. The van der Waals surface area contributed by atoms with Gasteiger partial charge in [-0.3, -0.25) is 15.1 Å². The first kappa shape index (κ1) is 17.6. The van der Waals surface area contributed by atoms with E-state index in [0.717, 1.165) is 30.2 Å². The zero-order chi connectivity index (χ0) is 19.6. The van der Waals surface area contributed by atoms with Crippen LogP contribution in [0, 0.1) is 0 Å². The third kappa shape index (κ3) is 3.52. The topological polar surface area (TPSA) is 71.3 Å². The van der Waals surface area contributed by atoms with Crippen molar-refractivity contribution in [3.8, 4) is 11.5 Å². The highest BCUT2D eigenvalue weighted by atomic mass is 32.1. The normalized spacial score (nSPS) is 13.2. The van der Waals surface area contributed by atoms with Crippen LogP contribution in [0.15, 0.2) is 71.6 Å². The zero-order valence-corrected chi connectivity index (χ0v) is 16.4. The number of nitrogens with one attached hydrogen (secondary N) is 1. The van der Waals surface area contributed by atoms with Gasteiger partial charge in [0.05, 0.1) is 6.26 Å². The molecule has 0 saturated carbocycles. The molecule has 5 rings (SSSR count). The number of nitrogens with zero attached hydrogens (tertiary/aromatic N) is 3. The van der Waals surface area contributed by atoms with Gasteiger partial charge in [0.2, 0.25) is 0 Å². The Morgan fingerprint density at radius 3 is 2.69 bits per heavy atom. The van der Waals surface area contributed by atoms with E-state index in [1.54, 1.807) is 30.8 Å². The van der Waals surface area contributed by atoms with Crippen LogP contribution in [0.3, 0.4) is 0 Å². The summed E-state index contributed by atoms with van der Waals surface area (Å²) in [5, 5.41) is 4.46. The number of benzene rings is 1. The molecule has 4 heterocycles. The Morgan fingerprint density at radius 1 is 1.07 bits per heavy atom. The van der Waals surface area contributed by atoms with E-state index in [-0.39, 0.29) is 5.91 Å². The molecule has 6 nitrogen and oxygen atoms in total. The Balaban J connectivity index is 1.47. The van der Waals surface area contributed by atoms with Crippen molar-refractivity contribution in [1.29, 1.82) is 0 Å². The van der Waals surface area contributed by atoms with Crippen LogP contribution in [0.25, 0.3) is 11.5 Å². The molecular formula is C22H18N4O2S. The predicted octanol–water partition coefficient (Wildman–Crippen LogP) is 4.61. The maximum absolute atomic E-state index is 12.6. The molecule has 1 aliphatic heterocycles. The zero-order valence-electron chi connectivity index (χ0n) is 15.5. The second-order valence-electron chi connectivity index (χ2n) is 6.78. The number of aromatic nitrogens is 2. The van der Waals surface area contributed by atoms with E-state index in [1.807, 2.05) is 12.1 Å². The quantitative estimate of drug-likeness (QED) is 0.540. The largest absolute Gasteiger partial charge is 0.463 e. The summed E-state index contributed by atoms with van der Waals surface area (Å²) in [6.45, 7) is 1.70. The molecule has 144 valence electrons. The summed E-state index contributed by atoms with van der Waals surface area (Å²) < 4.78 is 5.62. The molecule has 0 fully saturated rings. The number of thiazole rings is 1. The molecule has 0 aliphatic carbocycles. The minimum absolute atomic E-state index is 0.206. The molecule has 0 saturated heterocycles. The second kappa shape index (κ2) is 7.52. The van der Waals surface area contributed by atoms with Gasteiger partial charge in [-0.1, -0.05) is 35.6 Å². The fraction of sp³-hybridized carbons (Fsp3) is 0.136. The lowest BCUT2D eigenvalue weighted by atomic mass is 10.00. The molecule has 1 N–H and O–H groups in total. The molecule has 1 aromatic carbocycles. The molecule has 7 heteroatoms. The van der Waals surface area contributed by atoms with Gasteiger partial charge >= 0.3 is 0 Å². The Bertz CT molecular complexity index is 1140. The Labute approximate surface area is 171 Å². The standard InChI is InChI=1S/C22H18N4O2S/c27-20(16-7-10-23-11-8-16)25-22-24-19(18-6-3-13-28-18)21(29-22)26-12-9-15-4-1-2-5-17(15)14-26/h1-8,10-11,13H,9,12,14H2,(H,24,25,27). The van der Waals surface area contributed by atoms with Crippen molar-refractivity contribution in [1.82, 2.24) is 9.97 Å². The molecule has 4 aromatic rings. The number of hydrogen-bond acceptors (Lipinski definition) is 6. The molecule has 3 aromatic heterocycles. The Kier molecular flexibility index (Phi) is 4.57. The van der Waals surface area contributed by atoms with E-state index in [0.29, 0.717) is 16.5 Å². The number of carbonyl (C=O) groups excluding carboxylic acids is 1. The highest BCUT2D eigenvalue weighted by Gasteiger charge is 2.24. The number of hydrogen-bond donors (Lipinski definition) is 1. The summed E-state index contributed by atoms with van der Waals surface area (Å²) >= 11 is 1.47. The number of carbonyl (C=O) groups is 1. The average Bonchev–Trinajstić information content (AvgIpc) is 3.44. The highest BCUT2D eigenvalue weighted by molar-refractivity contribution is 7.20. The van der Waals surface area contributed by atoms with Crippen LogP contribution in [-0.2, 0) is 13.0 Å². The minimum atomic E-state index is -0.206. The fourth-order valence-electron chi connectivity index (χ4n) is 3.50. The SMILES string of the molecule is O=C(Nc1nc(-c2ccco2)c(N2CCc3ccccc3C2)s1)c1ccncc1. The molecule has 0 spiro atoms. The van der Waals surface area contributed by atoms with Gasteiger partial charge in [0, 0.05) is 31.0 Å².